The molecule has 1 aliphatic carbocycles. The lowest BCUT2D eigenvalue weighted by Gasteiger charge is -2.09. The van der Waals surface area contributed by atoms with Crippen LogP contribution in [0.1, 0.15) is 33.6 Å². The lowest BCUT2D eigenvalue weighted by atomic mass is 10.1. The number of carbonyl (C=O) groups is 1. The summed E-state index contributed by atoms with van der Waals surface area (Å²) in [6.07, 6.45) is 4.78. The highest BCUT2D eigenvalue weighted by Crippen LogP contribution is 2.25. The number of nitrogens with one attached hydrogen (secondary N) is 1. The van der Waals surface area contributed by atoms with Gasteiger partial charge >= 0.3 is 5.97 Å². The molecule has 1 heterocycles. The van der Waals surface area contributed by atoms with Crippen molar-refractivity contribution in [3.63, 3.8) is 0 Å². The lowest BCUT2D eigenvalue weighted by molar-refractivity contribution is 0.0697. The molecule has 2 N–H and O–H groups in total. The molecular formula is C15H15N3O2. The van der Waals surface area contributed by atoms with E-state index in [-0.39, 0.29) is 0 Å². The van der Waals surface area contributed by atoms with Crippen molar-refractivity contribution in [1.82, 2.24) is 9.97 Å². The molecule has 0 saturated heterocycles. The van der Waals surface area contributed by atoms with Gasteiger partial charge in [-0.25, -0.2) is 14.8 Å². The largest absolute Gasteiger partial charge is 0.478 e. The summed E-state index contributed by atoms with van der Waals surface area (Å²) in [5.74, 6) is -0.00654. The predicted molar refractivity (Wildman–Crippen MR) is 74.8 cm³/mol. The van der Waals surface area contributed by atoms with Gasteiger partial charge in [0, 0.05) is 17.8 Å². The Balaban J connectivity index is 1.71. The molecule has 0 spiro atoms. The van der Waals surface area contributed by atoms with Crippen LogP contribution < -0.4 is 5.32 Å². The van der Waals surface area contributed by atoms with E-state index in [0.717, 1.165) is 36.3 Å². The highest BCUT2D eigenvalue weighted by atomic mass is 16.4. The van der Waals surface area contributed by atoms with Gasteiger partial charge in [0.2, 0.25) is 0 Å². The van der Waals surface area contributed by atoms with Crippen LogP contribution >= 0.6 is 0 Å². The fourth-order valence-electron chi connectivity index (χ4n) is 2.46. The number of carboxylic acid groups (broad SMARTS) is 1. The smallest absolute Gasteiger partial charge is 0.335 e. The maximum atomic E-state index is 10.8. The van der Waals surface area contributed by atoms with E-state index in [1.165, 1.54) is 5.56 Å². The first-order valence-corrected chi connectivity index (χ1v) is 6.63. The molecule has 0 unspecified atom stereocenters. The van der Waals surface area contributed by atoms with E-state index in [9.17, 15) is 4.79 Å². The first-order valence-electron chi connectivity index (χ1n) is 6.63. The number of benzene rings is 1. The second-order valence-corrected chi connectivity index (χ2v) is 4.86. The number of nitrogens with zero attached hydrogens (tertiary/aromatic N) is 2. The molecule has 1 aliphatic rings. The predicted octanol–water partition coefficient (Wildman–Crippen LogP) is 2.28. The SMILES string of the molecule is O=C(O)c1ccc(CNc2ncnc3c2CCC3)cc1. The average molecular weight is 269 g/mol. The highest BCUT2D eigenvalue weighted by molar-refractivity contribution is 5.87. The summed E-state index contributed by atoms with van der Waals surface area (Å²) in [5, 5.41) is 12.2. The summed E-state index contributed by atoms with van der Waals surface area (Å²) in [6.45, 7) is 0.628. The Morgan fingerprint density at radius 1 is 1.20 bits per heavy atom. The minimum absolute atomic E-state index is 0.302. The van der Waals surface area contributed by atoms with Gasteiger partial charge in [0.05, 0.1) is 5.56 Å². The van der Waals surface area contributed by atoms with Gasteiger partial charge in [0.25, 0.3) is 0 Å². The number of aryl methyl sites for hydroxylation is 1. The minimum atomic E-state index is -0.905. The van der Waals surface area contributed by atoms with Gasteiger partial charge in [0.1, 0.15) is 12.1 Å². The van der Waals surface area contributed by atoms with Crippen molar-refractivity contribution in [2.75, 3.05) is 5.32 Å². The molecule has 0 bridgehead atoms. The van der Waals surface area contributed by atoms with E-state index in [0.29, 0.717) is 12.1 Å². The zero-order valence-electron chi connectivity index (χ0n) is 11.0. The van der Waals surface area contributed by atoms with Crippen molar-refractivity contribution in [2.45, 2.75) is 25.8 Å². The summed E-state index contributed by atoms with van der Waals surface area (Å²) in [6, 6.07) is 6.86. The summed E-state index contributed by atoms with van der Waals surface area (Å²) in [4.78, 5) is 19.4. The van der Waals surface area contributed by atoms with Gasteiger partial charge in [0.15, 0.2) is 0 Å². The standard InChI is InChI=1S/C15H15N3O2/c19-15(20)11-6-4-10(5-7-11)8-16-14-12-2-1-3-13(12)17-9-18-14/h4-7,9H,1-3,8H2,(H,19,20)(H,16,17,18). The Morgan fingerprint density at radius 2 is 2.00 bits per heavy atom. The fraction of sp³-hybridized carbons (Fsp3) is 0.267. The zero-order chi connectivity index (χ0) is 13.9. The second-order valence-electron chi connectivity index (χ2n) is 4.86. The Bertz CT molecular complexity index is 638. The van der Waals surface area contributed by atoms with Gasteiger partial charge in [-0.2, -0.15) is 0 Å². The summed E-state index contributed by atoms with van der Waals surface area (Å²) in [7, 11) is 0. The molecule has 1 aromatic heterocycles. The number of fused-ring (bicyclic) bond motifs is 1. The number of aromatic nitrogens is 2. The average Bonchev–Trinajstić information content (AvgIpc) is 2.94. The van der Waals surface area contributed by atoms with Gasteiger partial charge in [-0.1, -0.05) is 12.1 Å². The van der Waals surface area contributed by atoms with E-state index >= 15 is 0 Å². The van der Waals surface area contributed by atoms with Crippen molar-refractivity contribution in [3.8, 4) is 0 Å². The van der Waals surface area contributed by atoms with Crippen LogP contribution in [0.4, 0.5) is 5.82 Å². The van der Waals surface area contributed by atoms with Gasteiger partial charge < -0.3 is 10.4 Å². The Morgan fingerprint density at radius 3 is 2.75 bits per heavy atom. The number of aromatic carboxylic acids is 1. The van der Waals surface area contributed by atoms with Crippen LogP contribution in [0.2, 0.25) is 0 Å². The van der Waals surface area contributed by atoms with Gasteiger partial charge in [-0.3, -0.25) is 0 Å². The zero-order valence-corrected chi connectivity index (χ0v) is 11.0. The van der Waals surface area contributed by atoms with Crippen LogP contribution in [0.3, 0.4) is 0 Å². The number of carboxylic acids is 1. The molecule has 102 valence electrons. The molecule has 0 fully saturated rings. The number of hydrogen-bond donors (Lipinski definition) is 2. The van der Waals surface area contributed by atoms with E-state index in [2.05, 4.69) is 15.3 Å². The van der Waals surface area contributed by atoms with Crippen molar-refractivity contribution in [1.29, 1.82) is 0 Å². The van der Waals surface area contributed by atoms with Crippen molar-refractivity contribution in [3.05, 3.63) is 53.0 Å². The van der Waals surface area contributed by atoms with Crippen LogP contribution in [0.15, 0.2) is 30.6 Å². The van der Waals surface area contributed by atoms with E-state index < -0.39 is 5.97 Å². The summed E-state index contributed by atoms with van der Waals surface area (Å²) >= 11 is 0. The molecule has 5 nitrogen and oxygen atoms in total. The molecule has 20 heavy (non-hydrogen) atoms. The van der Waals surface area contributed by atoms with Gasteiger partial charge in [-0.15, -0.1) is 0 Å². The van der Waals surface area contributed by atoms with E-state index in [4.69, 9.17) is 5.11 Å². The fourth-order valence-corrected chi connectivity index (χ4v) is 2.46. The quantitative estimate of drug-likeness (QED) is 0.890. The van der Waals surface area contributed by atoms with E-state index in [1.54, 1.807) is 18.5 Å². The third-order valence-electron chi connectivity index (χ3n) is 3.54. The van der Waals surface area contributed by atoms with Gasteiger partial charge in [-0.05, 0) is 37.0 Å². The molecule has 0 radical (unpaired) electrons. The summed E-state index contributed by atoms with van der Waals surface area (Å²) in [5.41, 5.74) is 3.69. The van der Waals surface area contributed by atoms with Crippen LogP contribution in [0, 0.1) is 0 Å². The van der Waals surface area contributed by atoms with Crippen LogP contribution in [-0.4, -0.2) is 21.0 Å². The molecule has 2 aromatic rings. The Hall–Kier alpha value is -2.43. The maximum Gasteiger partial charge on any atom is 0.335 e. The number of rotatable bonds is 4. The molecular weight excluding hydrogens is 254 g/mol. The number of anilines is 1. The topological polar surface area (TPSA) is 75.1 Å². The number of hydrogen-bond acceptors (Lipinski definition) is 4. The molecule has 0 atom stereocenters. The van der Waals surface area contributed by atoms with Crippen LogP contribution in [0.25, 0.3) is 0 Å². The molecule has 0 amide bonds. The monoisotopic (exact) mass is 269 g/mol. The normalized spacial score (nSPS) is 13.0. The van der Waals surface area contributed by atoms with Crippen LogP contribution in [0.5, 0.6) is 0 Å². The molecule has 0 aliphatic heterocycles. The molecule has 3 rings (SSSR count). The Labute approximate surface area is 116 Å². The third-order valence-corrected chi connectivity index (χ3v) is 3.54. The maximum absolute atomic E-state index is 10.8. The van der Waals surface area contributed by atoms with Crippen molar-refractivity contribution >= 4 is 11.8 Å². The second kappa shape index (κ2) is 5.28. The first kappa shape index (κ1) is 12.6. The molecule has 0 saturated carbocycles. The third kappa shape index (κ3) is 2.47. The first-order chi connectivity index (χ1) is 9.74. The minimum Gasteiger partial charge on any atom is -0.478 e. The van der Waals surface area contributed by atoms with Crippen molar-refractivity contribution in [2.24, 2.45) is 0 Å². The molecule has 5 heteroatoms. The lowest BCUT2D eigenvalue weighted by Crippen LogP contribution is -2.06. The van der Waals surface area contributed by atoms with Crippen LogP contribution in [-0.2, 0) is 19.4 Å². The molecule has 1 aromatic carbocycles. The Kier molecular flexibility index (Phi) is 3.33. The summed E-state index contributed by atoms with van der Waals surface area (Å²) < 4.78 is 0. The van der Waals surface area contributed by atoms with E-state index in [1.807, 2.05) is 12.1 Å². The highest BCUT2D eigenvalue weighted by Gasteiger charge is 2.16. The van der Waals surface area contributed by atoms with Crippen molar-refractivity contribution < 1.29 is 9.90 Å².